The fourth-order valence-electron chi connectivity index (χ4n) is 4.58. The molecule has 1 aromatic carbocycles. The molecule has 1 N–H and O–H groups in total. The summed E-state index contributed by atoms with van der Waals surface area (Å²) in [6, 6.07) is 9.17. The molecule has 2 aliphatic rings. The zero-order chi connectivity index (χ0) is 22.8. The van der Waals surface area contributed by atoms with E-state index in [1.54, 1.807) is 26.2 Å². The Labute approximate surface area is 190 Å². The molecule has 1 aliphatic heterocycles. The smallest absolute Gasteiger partial charge is 0.317 e. The molecule has 32 heavy (non-hydrogen) atoms. The highest BCUT2D eigenvalue weighted by Crippen LogP contribution is 2.47. The summed E-state index contributed by atoms with van der Waals surface area (Å²) >= 11 is 1.49. The summed E-state index contributed by atoms with van der Waals surface area (Å²) < 4.78 is 16.0. The van der Waals surface area contributed by atoms with E-state index in [9.17, 15) is 14.4 Å². The molecular weight excluding hydrogens is 430 g/mol. The van der Waals surface area contributed by atoms with Crippen molar-refractivity contribution in [1.82, 2.24) is 5.32 Å². The van der Waals surface area contributed by atoms with Crippen LogP contribution in [0.15, 0.2) is 47.0 Å². The van der Waals surface area contributed by atoms with Gasteiger partial charge < -0.3 is 19.5 Å². The molecule has 1 amide bonds. The number of carbonyl (C=O) groups excluding carboxylic acids is 3. The minimum Gasteiger partial charge on any atom is -0.493 e. The van der Waals surface area contributed by atoms with E-state index in [-0.39, 0.29) is 30.6 Å². The van der Waals surface area contributed by atoms with Crippen molar-refractivity contribution in [2.45, 2.75) is 31.6 Å². The van der Waals surface area contributed by atoms with Crippen molar-refractivity contribution in [2.24, 2.45) is 5.92 Å². The van der Waals surface area contributed by atoms with Crippen molar-refractivity contribution >= 4 is 29.0 Å². The highest BCUT2D eigenvalue weighted by molar-refractivity contribution is 7.10. The van der Waals surface area contributed by atoms with Crippen LogP contribution in [0.5, 0.6) is 11.5 Å². The Balaban J connectivity index is 1.81. The lowest BCUT2D eigenvalue weighted by Gasteiger charge is -2.37. The summed E-state index contributed by atoms with van der Waals surface area (Å²) in [4.78, 5) is 40.2. The number of carbonyl (C=O) groups is 3. The van der Waals surface area contributed by atoms with E-state index in [1.165, 1.54) is 18.4 Å². The van der Waals surface area contributed by atoms with Gasteiger partial charge in [0.1, 0.15) is 5.92 Å². The molecule has 3 atom stereocenters. The van der Waals surface area contributed by atoms with E-state index in [1.807, 2.05) is 23.6 Å². The van der Waals surface area contributed by atoms with Crippen LogP contribution in [0.25, 0.3) is 0 Å². The molecule has 7 nitrogen and oxygen atoms in total. The zero-order valence-corrected chi connectivity index (χ0v) is 19.0. The third-order valence-electron chi connectivity index (χ3n) is 5.99. The molecule has 0 fully saturated rings. The van der Waals surface area contributed by atoms with Crippen LogP contribution in [0.1, 0.15) is 42.0 Å². The maximum absolute atomic E-state index is 13.8. The Hall–Kier alpha value is -3.13. The van der Waals surface area contributed by atoms with Gasteiger partial charge in [0.25, 0.3) is 0 Å². The van der Waals surface area contributed by atoms with Crippen molar-refractivity contribution in [3.8, 4) is 11.5 Å². The first kappa shape index (κ1) is 22.1. The van der Waals surface area contributed by atoms with Crippen LogP contribution in [0.4, 0.5) is 0 Å². The molecule has 2 heterocycles. The lowest BCUT2D eigenvalue weighted by Crippen LogP contribution is -2.44. The van der Waals surface area contributed by atoms with Crippen LogP contribution >= 0.6 is 11.3 Å². The molecule has 0 radical (unpaired) electrons. The number of hydrogen-bond donors (Lipinski definition) is 1. The summed E-state index contributed by atoms with van der Waals surface area (Å²) in [7, 11) is 3.08. The molecule has 4 rings (SSSR count). The predicted octanol–water partition coefficient (Wildman–Crippen LogP) is 3.56. The third-order valence-corrected chi connectivity index (χ3v) is 6.99. The van der Waals surface area contributed by atoms with Gasteiger partial charge in [-0.2, -0.15) is 0 Å². The normalized spacial score (nSPS) is 22.8. The number of methoxy groups -OCH3 is 2. The molecule has 0 saturated heterocycles. The lowest BCUT2D eigenvalue weighted by atomic mass is 9.69. The van der Waals surface area contributed by atoms with Gasteiger partial charge >= 0.3 is 5.97 Å². The number of amides is 1. The van der Waals surface area contributed by atoms with Gasteiger partial charge in [-0.25, -0.2) is 0 Å². The van der Waals surface area contributed by atoms with Crippen LogP contribution in [0, 0.1) is 5.92 Å². The van der Waals surface area contributed by atoms with Crippen LogP contribution in [-0.2, 0) is 19.1 Å². The van der Waals surface area contributed by atoms with Crippen LogP contribution in [0.2, 0.25) is 0 Å². The second-order valence-electron chi connectivity index (χ2n) is 7.73. The maximum Gasteiger partial charge on any atom is 0.317 e. The molecule has 1 aromatic heterocycles. The molecule has 8 heteroatoms. The number of rotatable bonds is 6. The van der Waals surface area contributed by atoms with Crippen molar-refractivity contribution < 1.29 is 28.6 Å². The number of nitrogens with one attached hydrogen (secondary N) is 1. The summed E-state index contributed by atoms with van der Waals surface area (Å²) in [5, 5.41) is 4.81. The van der Waals surface area contributed by atoms with Crippen molar-refractivity contribution in [3.05, 3.63) is 57.4 Å². The van der Waals surface area contributed by atoms with Crippen molar-refractivity contribution in [2.75, 3.05) is 20.8 Å². The highest BCUT2D eigenvalue weighted by Gasteiger charge is 2.48. The standard InChI is InChI=1S/C24H25NO6S/c1-4-31-24(28)22-15(19-6-5-9-32-19)11-16-21(23(22)27)14(12-20(26)25-16)13-7-8-17(29-2)18(10-13)30-3/h5-10,14-15,22H,4,11-12H2,1-3H3,(H,25,26)/t14-,15-,22+/m0/s1. The van der Waals surface area contributed by atoms with Crippen molar-refractivity contribution in [1.29, 1.82) is 0 Å². The van der Waals surface area contributed by atoms with Gasteiger partial charge in [0.15, 0.2) is 17.3 Å². The first-order valence-electron chi connectivity index (χ1n) is 10.5. The fraction of sp³-hybridized carbons (Fsp3) is 0.375. The average Bonchev–Trinajstić information content (AvgIpc) is 3.32. The summed E-state index contributed by atoms with van der Waals surface area (Å²) in [6.07, 6.45) is 0.500. The summed E-state index contributed by atoms with van der Waals surface area (Å²) in [6.45, 7) is 1.92. The SMILES string of the molecule is CCOC(=O)[C@H]1C(=O)C2=C(C[C@H]1c1cccs1)NC(=O)C[C@H]2c1ccc(OC)c(OC)c1. The fourth-order valence-corrected chi connectivity index (χ4v) is 5.44. The zero-order valence-electron chi connectivity index (χ0n) is 18.2. The molecule has 0 unspecified atom stereocenters. The van der Waals surface area contributed by atoms with Gasteiger partial charge in [-0.05, 0) is 42.5 Å². The monoisotopic (exact) mass is 455 g/mol. The van der Waals surface area contributed by atoms with E-state index in [2.05, 4.69) is 5.32 Å². The molecule has 0 bridgehead atoms. The van der Waals surface area contributed by atoms with Gasteiger partial charge in [-0.15, -0.1) is 11.3 Å². The molecular formula is C24H25NO6S. The van der Waals surface area contributed by atoms with Crippen LogP contribution < -0.4 is 14.8 Å². The van der Waals surface area contributed by atoms with E-state index in [4.69, 9.17) is 14.2 Å². The van der Waals surface area contributed by atoms with Crippen molar-refractivity contribution in [3.63, 3.8) is 0 Å². The second-order valence-corrected chi connectivity index (χ2v) is 8.71. The van der Waals surface area contributed by atoms with Gasteiger partial charge in [-0.3, -0.25) is 14.4 Å². The van der Waals surface area contributed by atoms with Gasteiger partial charge in [0, 0.05) is 34.4 Å². The van der Waals surface area contributed by atoms with Gasteiger partial charge in [-0.1, -0.05) is 12.1 Å². The minimum atomic E-state index is -0.940. The second kappa shape index (κ2) is 9.16. The number of benzene rings is 1. The van der Waals surface area contributed by atoms with Crippen LogP contribution in [0.3, 0.4) is 0 Å². The number of ether oxygens (including phenoxy) is 3. The lowest BCUT2D eigenvalue weighted by molar-refractivity contribution is -0.152. The quantitative estimate of drug-likeness (QED) is 0.529. The number of thiophene rings is 1. The summed E-state index contributed by atoms with van der Waals surface area (Å²) in [5.41, 5.74) is 1.82. The largest absolute Gasteiger partial charge is 0.493 e. The number of Topliss-reactive ketones (excluding diaryl/α,β-unsaturated/α-hetero) is 1. The maximum atomic E-state index is 13.8. The number of ketones is 1. The first-order chi connectivity index (χ1) is 15.5. The topological polar surface area (TPSA) is 90.9 Å². The molecule has 168 valence electrons. The Morgan fingerprint density at radius 1 is 1.12 bits per heavy atom. The number of hydrogen-bond acceptors (Lipinski definition) is 7. The van der Waals surface area contributed by atoms with Crippen LogP contribution in [-0.4, -0.2) is 38.5 Å². The van der Waals surface area contributed by atoms with Gasteiger partial charge in [0.2, 0.25) is 5.91 Å². The molecule has 0 spiro atoms. The minimum absolute atomic E-state index is 0.110. The van der Waals surface area contributed by atoms with E-state index >= 15 is 0 Å². The number of esters is 1. The van der Waals surface area contributed by atoms with E-state index < -0.39 is 17.8 Å². The Morgan fingerprint density at radius 2 is 1.91 bits per heavy atom. The Kier molecular flexibility index (Phi) is 6.32. The molecule has 1 aliphatic carbocycles. The first-order valence-corrected chi connectivity index (χ1v) is 11.4. The van der Waals surface area contributed by atoms with Gasteiger partial charge in [0.05, 0.1) is 20.8 Å². The number of allylic oxidation sites excluding steroid dienone is 2. The molecule has 0 saturated carbocycles. The Morgan fingerprint density at radius 3 is 2.56 bits per heavy atom. The Bertz CT molecular complexity index is 1070. The highest BCUT2D eigenvalue weighted by atomic mass is 32.1. The summed E-state index contributed by atoms with van der Waals surface area (Å²) in [5.74, 6) is -1.69. The third kappa shape index (κ3) is 3.90. The van der Waals surface area contributed by atoms with E-state index in [0.29, 0.717) is 29.2 Å². The average molecular weight is 456 g/mol. The predicted molar refractivity (Wildman–Crippen MR) is 119 cm³/mol. The van der Waals surface area contributed by atoms with E-state index in [0.717, 1.165) is 10.4 Å². The molecule has 2 aromatic rings.